The largest absolute Gasteiger partial charge is 0.444 e. The van der Waals surface area contributed by atoms with Crippen molar-refractivity contribution in [1.82, 2.24) is 15.5 Å². The zero-order valence-electron chi connectivity index (χ0n) is 20.6. The molecule has 0 saturated heterocycles. The van der Waals surface area contributed by atoms with Crippen molar-refractivity contribution in [2.75, 3.05) is 26.3 Å². The van der Waals surface area contributed by atoms with Gasteiger partial charge in [0.25, 0.3) is 0 Å². The van der Waals surface area contributed by atoms with Crippen LogP contribution >= 0.6 is 0 Å². The van der Waals surface area contributed by atoms with Gasteiger partial charge in [0.15, 0.2) is 0 Å². The molecular weight excluding hydrogens is 426 g/mol. The Morgan fingerprint density at radius 2 is 1.79 bits per heavy atom. The second-order valence-electron chi connectivity index (χ2n) is 9.03. The fourth-order valence-electron chi connectivity index (χ4n) is 3.20. The number of nitrogens with zero attached hydrogens (tertiary/aromatic N) is 1. The number of rotatable bonds is 11. The molecule has 0 radical (unpaired) electrons. The number of ether oxygens (including phenoxy) is 1. The monoisotopic (exact) mass is 465 g/mol. The first kappa shape index (κ1) is 28.4. The van der Waals surface area contributed by atoms with E-state index in [0.717, 1.165) is 24.0 Å². The summed E-state index contributed by atoms with van der Waals surface area (Å²) in [5.41, 5.74) is 1.76. The van der Waals surface area contributed by atoms with E-state index in [2.05, 4.69) is 10.6 Å². The number of aliphatic hydroxyl groups excluding tert-OH is 2. The zero-order valence-corrected chi connectivity index (χ0v) is 20.6. The summed E-state index contributed by atoms with van der Waals surface area (Å²) in [6.45, 7) is 10.1. The summed E-state index contributed by atoms with van der Waals surface area (Å²) in [6, 6.07) is 3.06. The molecule has 0 spiro atoms. The number of carbonyl (C=O) groups is 3. The maximum absolute atomic E-state index is 13.4. The molecule has 0 saturated carbocycles. The van der Waals surface area contributed by atoms with E-state index in [4.69, 9.17) is 4.74 Å². The minimum absolute atomic E-state index is 0.163. The van der Waals surface area contributed by atoms with Crippen LogP contribution in [-0.2, 0) is 14.3 Å². The van der Waals surface area contributed by atoms with Crippen molar-refractivity contribution < 1.29 is 29.3 Å². The summed E-state index contributed by atoms with van der Waals surface area (Å²) in [5, 5.41) is 24.7. The van der Waals surface area contributed by atoms with Crippen molar-refractivity contribution in [3.63, 3.8) is 0 Å². The summed E-state index contributed by atoms with van der Waals surface area (Å²) < 4.78 is 5.19. The maximum Gasteiger partial charge on any atom is 0.408 e. The van der Waals surface area contributed by atoms with E-state index in [1.807, 2.05) is 32.9 Å². The fraction of sp³-hybridized carbons (Fsp3) is 0.625. The van der Waals surface area contributed by atoms with Gasteiger partial charge in [0.2, 0.25) is 11.8 Å². The molecule has 0 bridgehead atoms. The van der Waals surface area contributed by atoms with E-state index in [1.54, 1.807) is 26.8 Å². The molecule has 0 aliphatic rings. The highest BCUT2D eigenvalue weighted by Gasteiger charge is 2.35. The van der Waals surface area contributed by atoms with E-state index < -0.39 is 48.8 Å². The van der Waals surface area contributed by atoms with Crippen LogP contribution in [0.5, 0.6) is 0 Å². The van der Waals surface area contributed by atoms with Crippen molar-refractivity contribution in [2.24, 2.45) is 0 Å². The molecule has 0 aliphatic heterocycles. The van der Waals surface area contributed by atoms with Crippen LogP contribution in [0, 0.1) is 13.8 Å². The fourth-order valence-corrected chi connectivity index (χ4v) is 3.20. The third kappa shape index (κ3) is 9.01. The summed E-state index contributed by atoms with van der Waals surface area (Å²) >= 11 is 0. The van der Waals surface area contributed by atoms with E-state index in [1.165, 1.54) is 4.90 Å². The Hall–Kier alpha value is -2.65. The van der Waals surface area contributed by atoms with Gasteiger partial charge in [-0.2, -0.15) is 0 Å². The second kappa shape index (κ2) is 13.2. The Morgan fingerprint density at radius 3 is 2.30 bits per heavy atom. The van der Waals surface area contributed by atoms with Crippen LogP contribution in [0.1, 0.15) is 63.3 Å². The number of hydrogen-bond acceptors (Lipinski definition) is 6. The molecule has 9 nitrogen and oxygen atoms in total. The number of hydrogen-bond donors (Lipinski definition) is 4. The Balaban J connectivity index is 3.31. The van der Waals surface area contributed by atoms with Crippen LogP contribution < -0.4 is 10.6 Å². The summed E-state index contributed by atoms with van der Waals surface area (Å²) in [7, 11) is 0. The highest BCUT2D eigenvalue weighted by Crippen LogP contribution is 2.24. The molecule has 3 amide bonds. The molecule has 33 heavy (non-hydrogen) atoms. The number of nitrogens with one attached hydrogen (secondary N) is 2. The number of benzene rings is 1. The van der Waals surface area contributed by atoms with Gasteiger partial charge in [-0.1, -0.05) is 31.5 Å². The minimum Gasteiger partial charge on any atom is -0.444 e. The lowest BCUT2D eigenvalue weighted by molar-refractivity contribution is -0.143. The van der Waals surface area contributed by atoms with Crippen molar-refractivity contribution >= 4 is 17.9 Å². The van der Waals surface area contributed by atoms with Crippen molar-refractivity contribution in [1.29, 1.82) is 0 Å². The van der Waals surface area contributed by atoms with Crippen molar-refractivity contribution in [2.45, 2.75) is 72.1 Å². The Morgan fingerprint density at radius 1 is 1.12 bits per heavy atom. The van der Waals surface area contributed by atoms with Crippen LogP contribution in [0.3, 0.4) is 0 Å². The van der Waals surface area contributed by atoms with Gasteiger partial charge in [0, 0.05) is 13.1 Å². The second-order valence-corrected chi connectivity index (χ2v) is 9.03. The summed E-state index contributed by atoms with van der Waals surface area (Å²) in [6.07, 6.45) is 0.799. The average molecular weight is 466 g/mol. The van der Waals surface area contributed by atoms with Crippen LogP contribution in [0.4, 0.5) is 4.79 Å². The lowest BCUT2D eigenvalue weighted by Gasteiger charge is -2.34. The Bertz CT molecular complexity index is 806. The van der Waals surface area contributed by atoms with Gasteiger partial charge in [-0.3, -0.25) is 9.59 Å². The molecule has 1 aromatic carbocycles. The van der Waals surface area contributed by atoms with Crippen LogP contribution in [0.25, 0.3) is 0 Å². The maximum atomic E-state index is 13.4. The molecule has 4 N–H and O–H groups in total. The van der Waals surface area contributed by atoms with Crippen molar-refractivity contribution in [3.8, 4) is 0 Å². The van der Waals surface area contributed by atoms with Crippen LogP contribution in [0.15, 0.2) is 18.2 Å². The summed E-state index contributed by atoms with van der Waals surface area (Å²) in [5.74, 6) is -1.10. The zero-order chi connectivity index (χ0) is 25.2. The first-order valence-electron chi connectivity index (χ1n) is 11.3. The molecular formula is C24H39N3O6. The first-order valence-corrected chi connectivity index (χ1v) is 11.3. The third-order valence-electron chi connectivity index (χ3n) is 5.03. The normalized spacial score (nSPS) is 13.1. The number of unbranched alkanes of at least 4 members (excludes halogenated alkanes) is 1. The molecule has 0 heterocycles. The molecule has 1 rings (SSSR count). The van der Waals surface area contributed by atoms with Crippen LogP contribution in [-0.4, -0.2) is 71.0 Å². The molecule has 2 atom stereocenters. The van der Waals surface area contributed by atoms with Gasteiger partial charge >= 0.3 is 6.09 Å². The van der Waals surface area contributed by atoms with Gasteiger partial charge in [0.05, 0.1) is 13.2 Å². The number of aliphatic hydroxyl groups is 2. The molecule has 2 unspecified atom stereocenters. The molecule has 9 heteroatoms. The van der Waals surface area contributed by atoms with Crippen LogP contribution in [0.2, 0.25) is 0 Å². The minimum atomic E-state index is -1.34. The average Bonchev–Trinajstić information content (AvgIpc) is 2.72. The number of aryl methyl sites for hydroxylation is 2. The van der Waals surface area contributed by atoms with Gasteiger partial charge in [-0.15, -0.1) is 0 Å². The highest BCUT2D eigenvalue weighted by molar-refractivity contribution is 5.92. The number of alkyl carbamates (subject to hydrolysis) is 1. The van der Waals surface area contributed by atoms with Crippen molar-refractivity contribution in [3.05, 3.63) is 34.9 Å². The predicted octanol–water partition coefficient (Wildman–Crippen LogP) is 1.97. The molecule has 1 aromatic rings. The van der Waals surface area contributed by atoms with Gasteiger partial charge in [-0.05, 0) is 57.7 Å². The smallest absolute Gasteiger partial charge is 0.408 e. The molecule has 0 aromatic heterocycles. The number of carbonyl (C=O) groups excluding carboxylic acids is 3. The van der Waals surface area contributed by atoms with Gasteiger partial charge in [0.1, 0.15) is 17.7 Å². The lowest BCUT2D eigenvalue weighted by Crippen LogP contribution is -2.55. The lowest BCUT2D eigenvalue weighted by atomic mass is 9.98. The third-order valence-corrected chi connectivity index (χ3v) is 5.03. The van der Waals surface area contributed by atoms with E-state index in [0.29, 0.717) is 12.1 Å². The van der Waals surface area contributed by atoms with Gasteiger partial charge in [-0.25, -0.2) is 4.79 Å². The first-order chi connectivity index (χ1) is 15.4. The topological polar surface area (TPSA) is 128 Å². The summed E-state index contributed by atoms with van der Waals surface area (Å²) in [4.78, 5) is 39.9. The quantitative estimate of drug-likeness (QED) is 0.370. The van der Waals surface area contributed by atoms with E-state index in [9.17, 15) is 24.6 Å². The van der Waals surface area contributed by atoms with E-state index >= 15 is 0 Å². The SMILES string of the molecule is CCCCNC(=O)C(c1ccc(C)c(C)c1)N(CCO)C(=O)C(CO)NC(=O)OC(C)(C)C. The highest BCUT2D eigenvalue weighted by atomic mass is 16.6. The Kier molecular flexibility index (Phi) is 11.3. The molecule has 0 aliphatic carbocycles. The molecule has 0 fully saturated rings. The standard InChI is InChI=1S/C24H39N3O6/c1-7-8-11-25-21(30)20(18-10-9-16(2)17(3)14-18)27(12-13-28)22(31)19(15-29)26-23(32)33-24(4,5)6/h9-10,14,19-20,28-29H,7-8,11-13,15H2,1-6H3,(H,25,30)(H,26,32). The number of amides is 3. The Labute approximate surface area is 196 Å². The molecule has 186 valence electrons. The van der Waals surface area contributed by atoms with E-state index in [-0.39, 0.29) is 6.54 Å². The predicted molar refractivity (Wildman–Crippen MR) is 126 cm³/mol. The van der Waals surface area contributed by atoms with Gasteiger partial charge < -0.3 is 30.5 Å².